The molecule has 0 fully saturated rings. The first-order chi connectivity index (χ1) is 7.25. The molecule has 2 aromatic rings. The fourth-order valence-electron chi connectivity index (χ4n) is 2.30. The topological polar surface area (TPSA) is 42.7 Å². The van der Waals surface area contributed by atoms with Gasteiger partial charge in [-0.3, -0.25) is 0 Å². The first-order valence-corrected chi connectivity index (χ1v) is 5.35. The maximum atomic E-state index is 4.51. The van der Waals surface area contributed by atoms with Crippen molar-refractivity contribution in [1.29, 1.82) is 0 Å². The Morgan fingerprint density at radius 3 is 3.20 bits per heavy atom. The van der Waals surface area contributed by atoms with E-state index in [1.807, 2.05) is 6.07 Å². The van der Waals surface area contributed by atoms with E-state index in [2.05, 4.69) is 40.0 Å². The molecular weight excluding hydrogens is 188 g/mol. The van der Waals surface area contributed by atoms with Gasteiger partial charge in [0.1, 0.15) is 5.82 Å². The third kappa shape index (κ3) is 1.21. The molecule has 1 N–H and O–H groups in total. The van der Waals surface area contributed by atoms with Crippen molar-refractivity contribution in [2.75, 3.05) is 5.32 Å². The molecule has 0 amide bonds. The number of nitrogens with one attached hydrogen (secondary N) is 1. The molecule has 0 radical (unpaired) electrons. The van der Waals surface area contributed by atoms with E-state index in [0.29, 0.717) is 12.1 Å². The van der Waals surface area contributed by atoms with E-state index < -0.39 is 0 Å². The molecule has 1 aliphatic heterocycles. The van der Waals surface area contributed by atoms with Crippen LogP contribution in [0.4, 0.5) is 5.82 Å². The van der Waals surface area contributed by atoms with Crippen molar-refractivity contribution in [3.05, 3.63) is 18.3 Å². The van der Waals surface area contributed by atoms with Crippen LogP contribution in [0.15, 0.2) is 18.3 Å². The summed E-state index contributed by atoms with van der Waals surface area (Å²) >= 11 is 0. The molecule has 78 valence electrons. The van der Waals surface area contributed by atoms with E-state index in [1.54, 1.807) is 6.20 Å². The highest BCUT2D eigenvalue weighted by molar-refractivity contribution is 5.87. The van der Waals surface area contributed by atoms with Crippen LogP contribution in [0.5, 0.6) is 0 Å². The summed E-state index contributed by atoms with van der Waals surface area (Å²) in [6.07, 6.45) is 2.90. The zero-order valence-corrected chi connectivity index (χ0v) is 8.94. The SMILES string of the molecule is CC1CC(C)n2nc3ncccc3c2N1. The highest BCUT2D eigenvalue weighted by Crippen LogP contribution is 2.31. The molecule has 15 heavy (non-hydrogen) atoms. The molecule has 0 aliphatic carbocycles. The van der Waals surface area contributed by atoms with Crippen LogP contribution < -0.4 is 5.32 Å². The summed E-state index contributed by atoms with van der Waals surface area (Å²) < 4.78 is 2.05. The third-order valence-corrected chi connectivity index (χ3v) is 2.97. The lowest BCUT2D eigenvalue weighted by atomic mass is 10.1. The maximum absolute atomic E-state index is 4.51. The molecule has 2 aromatic heterocycles. The number of hydrogen-bond acceptors (Lipinski definition) is 3. The van der Waals surface area contributed by atoms with Gasteiger partial charge in [0, 0.05) is 12.2 Å². The summed E-state index contributed by atoms with van der Waals surface area (Å²) in [7, 11) is 0. The molecule has 0 saturated heterocycles. The van der Waals surface area contributed by atoms with Gasteiger partial charge in [0.2, 0.25) is 0 Å². The standard InChI is InChI=1S/C11H14N4/c1-7-6-8(2)15-11(13-7)9-4-3-5-12-10(9)14-15/h3-5,7-8,13H,6H2,1-2H3. The van der Waals surface area contributed by atoms with Crippen molar-refractivity contribution in [1.82, 2.24) is 14.8 Å². The molecule has 1 aliphatic rings. The van der Waals surface area contributed by atoms with Crippen LogP contribution in [-0.4, -0.2) is 20.8 Å². The number of anilines is 1. The monoisotopic (exact) mass is 202 g/mol. The number of pyridine rings is 1. The van der Waals surface area contributed by atoms with Crippen molar-refractivity contribution in [2.24, 2.45) is 0 Å². The Hall–Kier alpha value is -1.58. The van der Waals surface area contributed by atoms with Gasteiger partial charge in [0.25, 0.3) is 0 Å². The molecule has 2 atom stereocenters. The minimum absolute atomic E-state index is 0.449. The van der Waals surface area contributed by atoms with Crippen molar-refractivity contribution < 1.29 is 0 Å². The molecule has 2 unspecified atom stereocenters. The second-order valence-corrected chi connectivity index (χ2v) is 4.30. The number of nitrogens with zero attached hydrogens (tertiary/aromatic N) is 3. The Balaban J connectivity index is 2.27. The Kier molecular flexibility index (Phi) is 1.71. The average molecular weight is 202 g/mol. The largest absolute Gasteiger partial charge is 0.367 e. The zero-order valence-electron chi connectivity index (χ0n) is 8.94. The smallest absolute Gasteiger partial charge is 0.183 e. The molecular formula is C11H14N4. The van der Waals surface area contributed by atoms with Crippen LogP contribution in [-0.2, 0) is 0 Å². The van der Waals surface area contributed by atoms with Crippen LogP contribution >= 0.6 is 0 Å². The summed E-state index contributed by atoms with van der Waals surface area (Å²) in [5.41, 5.74) is 0.834. The third-order valence-electron chi connectivity index (χ3n) is 2.97. The van der Waals surface area contributed by atoms with Gasteiger partial charge < -0.3 is 5.32 Å². The first-order valence-electron chi connectivity index (χ1n) is 5.35. The van der Waals surface area contributed by atoms with Crippen LogP contribution in [0.25, 0.3) is 11.0 Å². The van der Waals surface area contributed by atoms with E-state index in [0.717, 1.165) is 23.3 Å². The Labute approximate surface area is 88.3 Å². The lowest BCUT2D eigenvalue weighted by molar-refractivity contribution is 0.416. The molecule has 3 rings (SSSR count). The highest BCUT2D eigenvalue weighted by atomic mass is 15.4. The Bertz CT molecular complexity index is 502. The molecule has 0 saturated carbocycles. The lowest BCUT2D eigenvalue weighted by Gasteiger charge is -2.27. The Morgan fingerprint density at radius 1 is 1.47 bits per heavy atom. The number of hydrogen-bond donors (Lipinski definition) is 1. The summed E-state index contributed by atoms with van der Waals surface area (Å²) in [5.74, 6) is 1.12. The molecule has 0 bridgehead atoms. The van der Waals surface area contributed by atoms with E-state index in [1.165, 1.54) is 0 Å². The van der Waals surface area contributed by atoms with E-state index in [9.17, 15) is 0 Å². The van der Waals surface area contributed by atoms with Gasteiger partial charge in [-0.05, 0) is 32.4 Å². The predicted octanol–water partition coefficient (Wildman–Crippen LogP) is 2.20. The van der Waals surface area contributed by atoms with Crippen molar-refractivity contribution in [3.8, 4) is 0 Å². The van der Waals surface area contributed by atoms with Crippen LogP contribution in [0.1, 0.15) is 26.3 Å². The second-order valence-electron chi connectivity index (χ2n) is 4.30. The van der Waals surface area contributed by atoms with Crippen LogP contribution in [0, 0.1) is 0 Å². The quantitative estimate of drug-likeness (QED) is 0.712. The number of rotatable bonds is 0. The highest BCUT2D eigenvalue weighted by Gasteiger charge is 2.23. The van der Waals surface area contributed by atoms with Gasteiger partial charge in [-0.15, -0.1) is 0 Å². The molecule has 0 spiro atoms. The number of fused-ring (bicyclic) bond motifs is 3. The molecule has 0 aromatic carbocycles. The van der Waals surface area contributed by atoms with Gasteiger partial charge in [-0.25, -0.2) is 9.67 Å². The van der Waals surface area contributed by atoms with E-state index in [4.69, 9.17) is 0 Å². The Morgan fingerprint density at radius 2 is 2.33 bits per heavy atom. The summed E-state index contributed by atoms with van der Waals surface area (Å²) in [6, 6.07) is 4.98. The van der Waals surface area contributed by atoms with Gasteiger partial charge in [-0.1, -0.05) is 0 Å². The van der Waals surface area contributed by atoms with Crippen LogP contribution in [0.2, 0.25) is 0 Å². The van der Waals surface area contributed by atoms with Gasteiger partial charge in [-0.2, -0.15) is 5.10 Å². The second kappa shape index (κ2) is 2.95. The van der Waals surface area contributed by atoms with Gasteiger partial charge in [0.15, 0.2) is 5.65 Å². The lowest BCUT2D eigenvalue weighted by Crippen LogP contribution is -2.28. The molecule has 4 nitrogen and oxygen atoms in total. The fraction of sp³-hybridized carbons (Fsp3) is 0.455. The van der Waals surface area contributed by atoms with Crippen molar-refractivity contribution in [2.45, 2.75) is 32.4 Å². The van der Waals surface area contributed by atoms with Crippen molar-refractivity contribution in [3.63, 3.8) is 0 Å². The summed E-state index contributed by atoms with van der Waals surface area (Å²) in [5, 5.41) is 9.11. The molecule has 4 heteroatoms. The van der Waals surface area contributed by atoms with Crippen LogP contribution in [0.3, 0.4) is 0 Å². The van der Waals surface area contributed by atoms with Gasteiger partial charge >= 0.3 is 0 Å². The van der Waals surface area contributed by atoms with Gasteiger partial charge in [0.05, 0.1) is 11.4 Å². The minimum atomic E-state index is 0.449. The van der Waals surface area contributed by atoms with Crippen molar-refractivity contribution >= 4 is 16.9 Å². The minimum Gasteiger partial charge on any atom is -0.367 e. The van der Waals surface area contributed by atoms with E-state index in [-0.39, 0.29) is 0 Å². The average Bonchev–Trinajstić information content (AvgIpc) is 2.57. The summed E-state index contributed by atoms with van der Waals surface area (Å²) in [4.78, 5) is 4.27. The first kappa shape index (κ1) is 8.71. The zero-order chi connectivity index (χ0) is 10.4. The maximum Gasteiger partial charge on any atom is 0.183 e. The van der Waals surface area contributed by atoms with E-state index >= 15 is 0 Å². The normalized spacial score (nSPS) is 24.9. The number of aromatic nitrogens is 3. The summed E-state index contributed by atoms with van der Waals surface area (Å²) in [6.45, 7) is 4.40. The predicted molar refractivity (Wildman–Crippen MR) is 59.9 cm³/mol. The fourth-order valence-corrected chi connectivity index (χ4v) is 2.30. The molecule has 3 heterocycles.